The normalized spacial score (nSPS) is 23.4. The zero-order valence-electron chi connectivity index (χ0n) is 11.5. The van der Waals surface area contributed by atoms with E-state index < -0.39 is 11.6 Å². The monoisotopic (exact) mass is 266 g/mol. The van der Waals surface area contributed by atoms with Gasteiger partial charge in [0.05, 0.1) is 5.56 Å². The minimum atomic E-state index is -0.730. The fourth-order valence-electron chi connectivity index (χ4n) is 2.97. The highest BCUT2D eigenvalue weighted by atomic mass is 19.1. The summed E-state index contributed by atoms with van der Waals surface area (Å²) in [5.74, 6) is -1.01. The molecule has 0 saturated heterocycles. The second kappa shape index (κ2) is 5.81. The Kier molecular flexibility index (Phi) is 4.33. The molecule has 0 N–H and O–H groups in total. The van der Waals surface area contributed by atoms with E-state index in [-0.39, 0.29) is 17.3 Å². The predicted octanol–water partition coefficient (Wildman–Crippen LogP) is 4.67. The number of carbonyl (C=O) groups is 1. The van der Waals surface area contributed by atoms with Crippen molar-refractivity contribution in [2.45, 2.75) is 46.0 Å². The van der Waals surface area contributed by atoms with Crippen molar-refractivity contribution < 1.29 is 13.6 Å². The summed E-state index contributed by atoms with van der Waals surface area (Å²) in [6, 6.07) is 2.17. The molecule has 1 fully saturated rings. The SMILES string of the molecule is CCC1CCCC(C(=O)c2cc(C)c(F)cc2F)C1. The van der Waals surface area contributed by atoms with Crippen LogP contribution in [0.1, 0.15) is 54.9 Å². The Morgan fingerprint density at radius 3 is 2.68 bits per heavy atom. The second-order valence-electron chi connectivity index (χ2n) is 5.58. The molecule has 1 nitrogen and oxygen atoms in total. The van der Waals surface area contributed by atoms with Crippen LogP contribution in [0.5, 0.6) is 0 Å². The van der Waals surface area contributed by atoms with Gasteiger partial charge in [0.2, 0.25) is 0 Å². The van der Waals surface area contributed by atoms with Gasteiger partial charge in [-0.2, -0.15) is 0 Å². The van der Waals surface area contributed by atoms with Crippen LogP contribution in [0.25, 0.3) is 0 Å². The van der Waals surface area contributed by atoms with Crippen molar-refractivity contribution in [1.82, 2.24) is 0 Å². The first kappa shape index (κ1) is 14.2. The van der Waals surface area contributed by atoms with Crippen LogP contribution in [0, 0.1) is 30.4 Å². The fraction of sp³-hybridized carbons (Fsp3) is 0.562. The van der Waals surface area contributed by atoms with E-state index >= 15 is 0 Å². The summed E-state index contributed by atoms with van der Waals surface area (Å²) in [4.78, 5) is 12.4. The highest BCUT2D eigenvalue weighted by Gasteiger charge is 2.28. The molecule has 1 saturated carbocycles. The standard InChI is InChI=1S/C16H20F2O/c1-3-11-5-4-6-12(8-11)16(19)13-7-10(2)14(17)9-15(13)18/h7,9,11-12H,3-6,8H2,1-2H3. The summed E-state index contributed by atoms with van der Waals surface area (Å²) in [6.45, 7) is 3.68. The van der Waals surface area contributed by atoms with E-state index in [1.807, 2.05) is 0 Å². The Bertz CT molecular complexity index is 482. The smallest absolute Gasteiger partial charge is 0.168 e. The third-order valence-corrected chi connectivity index (χ3v) is 4.24. The average molecular weight is 266 g/mol. The summed E-state index contributed by atoms with van der Waals surface area (Å²) in [6.07, 6.45) is 4.91. The molecular weight excluding hydrogens is 246 g/mol. The number of benzene rings is 1. The van der Waals surface area contributed by atoms with E-state index in [9.17, 15) is 13.6 Å². The number of halogens is 2. The summed E-state index contributed by atoms with van der Waals surface area (Å²) in [7, 11) is 0. The molecule has 0 aromatic heterocycles. The van der Waals surface area contributed by atoms with Gasteiger partial charge in [0.1, 0.15) is 11.6 Å². The summed E-state index contributed by atoms with van der Waals surface area (Å²) >= 11 is 0. The molecule has 0 amide bonds. The van der Waals surface area contributed by atoms with E-state index in [4.69, 9.17) is 0 Å². The molecule has 1 aromatic rings. The van der Waals surface area contributed by atoms with Gasteiger partial charge in [0.15, 0.2) is 5.78 Å². The predicted molar refractivity (Wildman–Crippen MR) is 71.2 cm³/mol. The lowest BCUT2D eigenvalue weighted by Crippen LogP contribution is -2.23. The zero-order chi connectivity index (χ0) is 14.0. The minimum absolute atomic E-state index is 0.0562. The number of aryl methyl sites for hydroxylation is 1. The number of ketones is 1. The molecule has 3 heteroatoms. The van der Waals surface area contributed by atoms with Crippen LogP contribution in [0.15, 0.2) is 12.1 Å². The number of hydrogen-bond donors (Lipinski definition) is 0. The maximum Gasteiger partial charge on any atom is 0.168 e. The average Bonchev–Trinajstić information content (AvgIpc) is 2.42. The molecule has 0 aliphatic heterocycles. The van der Waals surface area contributed by atoms with Crippen molar-refractivity contribution in [3.05, 3.63) is 34.9 Å². The van der Waals surface area contributed by atoms with Gasteiger partial charge in [-0.1, -0.05) is 26.2 Å². The maximum atomic E-state index is 13.8. The van der Waals surface area contributed by atoms with Crippen molar-refractivity contribution in [3.63, 3.8) is 0 Å². The zero-order valence-corrected chi connectivity index (χ0v) is 11.5. The Labute approximate surface area is 113 Å². The largest absolute Gasteiger partial charge is 0.294 e. The van der Waals surface area contributed by atoms with Gasteiger partial charge < -0.3 is 0 Å². The highest BCUT2D eigenvalue weighted by molar-refractivity contribution is 5.98. The van der Waals surface area contributed by atoms with Crippen molar-refractivity contribution >= 4 is 5.78 Å². The molecular formula is C16H20F2O. The molecule has 0 bridgehead atoms. The Balaban J connectivity index is 2.22. The van der Waals surface area contributed by atoms with Crippen molar-refractivity contribution in [2.24, 2.45) is 11.8 Å². The molecule has 1 aliphatic carbocycles. The fourth-order valence-corrected chi connectivity index (χ4v) is 2.97. The van der Waals surface area contributed by atoms with Crippen LogP contribution in [-0.4, -0.2) is 5.78 Å². The maximum absolute atomic E-state index is 13.8. The van der Waals surface area contributed by atoms with E-state index in [0.717, 1.165) is 38.2 Å². The molecule has 2 unspecified atom stereocenters. The number of hydrogen-bond acceptors (Lipinski definition) is 1. The molecule has 0 heterocycles. The van der Waals surface area contributed by atoms with E-state index in [1.165, 1.54) is 6.07 Å². The van der Waals surface area contributed by atoms with Crippen LogP contribution < -0.4 is 0 Å². The van der Waals surface area contributed by atoms with Gasteiger partial charge in [-0.25, -0.2) is 8.78 Å². The first-order valence-corrected chi connectivity index (χ1v) is 7.02. The van der Waals surface area contributed by atoms with E-state index in [0.29, 0.717) is 11.5 Å². The molecule has 0 spiro atoms. The lowest BCUT2D eigenvalue weighted by Gasteiger charge is -2.27. The molecule has 2 rings (SSSR count). The lowest BCUT2D eigenvalue weighted by atomic mass is 9.77. The highest BCUT2D eigenvalue weighted by Crippen LogP contribution is 2.33. The number of carbonyl (C=O) groups excluding carboxylic acids is 1. The van der Waals surface area contributed by atoms with Gasteiger partial charge in [-0.3, -0.25) is 4.79 Å². The first-order chi connectivity index (χ1) is 9.02. The first-order valence-electron chi connectivity index (χ1n) is 7.02. The summed E-state index contributed by atoms with van der Waals surface area (Å²) < 4.78 is 27.0. The molecule has 19 heavy (non-hydrogen) atoms. The van der Waals surface area contributed by atoms with Crippen LogP contribution >= 0.6 is 0 Å². The van der Waals surface area contributed by atoms with Crippen LogP contribution in [0.4, 0.5) is 8.78 Å². The van der Waals surface area contributed by atoms with Gasteiger partial charge in [-0.15, -0.1) is 0 Å². The lowest BCUT2D eigenvalue weighted by molar-refractivity contribution is 0.0857. The number of Topliss-reactive ketones (excluding diaryl/α,β-unsaturated/α-hetero) is 1. The van der Waals surface area contributed by atoms with E-state index in [2.05, 4.69) is 6.92 Å². The van der Waals surface area contributed by atoms with Gasteiger partial charge in [0.25, 0.3) is 0 Å². The number of rotatable bonds is 3. The van der Waals surface area contributed by atoms with Gasteiger partial charge >= 0.3 is 0 Å². The Morgan fingerprint density at radius 1 is 1.26 bits per heavy atom. The quantitative estimate of drug-likeness (QED) is 0.726. The van der Waals surface area contributed by atoms with E-state index in [1.54, 1.807) is 6.92 Å². The molecule has 2 atom stereocenters. The van der Waals surface area contributed by atoms with Crippen LogP contribution in [-0.2, 0) is 0 Å². The summed E-state index contributed by atoms with van der Waals surface area (Å²) in [5.41, 5.74) is 0.383. The molecule has 104 valence electrons. The second-order valence-corrected chi connectivity index (χ2v) is 5.58. The van der Waals surface area contributed by atoms with Crippen molar-refractivity contribution in [1.29, 1.82) is 0 Å². The minimum Gasteiger partial charge on any atom is -0.294 e. The Hall–Kier alpha value is -1.25. The van der Waals surface area contributed by atoms with Crippen LogP contribution in [0.2, 0.25) is 0 Å². The van der Waals surface area contributed by atoms with Crippen molar-refractivity contribution in [2.75, 3.05) is 0 Å². The topological polar surface area (TPSA) is 17.1 Å². The third kappa shape index (κ3) is 3.02. The van der Waals surface area contributed by atoms with Crippen LogP contribution in [0.3, 0.4) is 0 Å². The third-order valence-electron chi connectivity index (χ3n) is 4.24. The molecule has 0 radical (unpaired) electrons. The van der Waals surface area contributed by atoms with Crippen molar-refractivity contribution in [3.8, 4) is 0 Å². The Morgan fingerprint density at radius 2 is 2.00 bits per heavy atom. The summed E-state index contributed by atoms with van der Waals surface area (Å²) in [5, 5.41) is 0. The molecule has 1 aromatic carbocycles. The van der Waals surface area contributed by atoms with Gasteiger partial charge in [0, 0.05) is 12.0 Å². The molecule has 1 aliphatic rings. The van der Waals surface area contributed by atoms with Gasteiger partial charge in [-0.05, 0) is 37.3 Å².